The van der Waals surface area contributed by atoms with Gasteiger partial charge >= 0.3 is 0 Å². The molecule has 3 saturated heterocycles. The monoisotopic (exact) mass is 463 g/mol. The first-order valence-electron chi connectivity index (χ1n) is 11.1. The molecule has 3 heterocycles. The van der Waals surface area contributed by atoms with Gasteiger partial charge in [0.05, 0.1) is 30.6 Å². The number of aliphatic hydroxyl groups excluding tert-OH is 1. The second kappa shape index (κ2) is 8.65. The van der Waals surface area contributed by atoms with Crippen molar-refractivity contribution in [1.29, 1.82) is 0 Å². The van der Waals surface area contributed by atoms with Gasteiger partial charge in [0.15, 0.2) is 0 Å². The molecular formula is C23H30ClN3O5. The van der Waals surface area contributed by atoms with Gasteiger partial charge in [0.25, 0.3) is 0 Å². The fourth-order valence-corrected chi connectivity index (χ4v) is 5.94. The minimum atomic E-state index is -1.08. The van der Waals surface area contributed by atoms with Crippen molar-refractivity contribution in [2.75, 3.05) is 19.0 Å². The largest absolute Gasteiger partial charge is 0.394 e. The average Bonchev–Trinajstić information content (AvgIpc) is 3.40. The zero-order chi connectivity index (χ0) is 23.2. The smallest absolute Gasteiger partial charge is 0.250 e. The second-order valence-electron chi connectivity index (χ2n) is 9.38. The highest BCUT2D eigenvalue weighted by molar-refractivity contribution is 6.30. The van der Waals surface area contributed by atoms with Crippen LogP contribution in [-0.2, 0) is 19.1 Å². The number of likely N-dealkylation sites (tertiary alicyclic amines) is 1. The van der Waals surface area contributed by atoms with Crippen molar-refractivity contribution in [1.82, 2.24) is 10.2 Å². The summed E-state index contributed by atoms with van der Waals surface area (Å²) in [5.74, 6) is -2.12. The second-order valence-corrected chi connectivity index (χ2v) is 9.81. The summed E-state index contributed by atoms with van der Waals surface area (Å²) in [4.78, 5) is 41.6. The van der Waals surface area contributed by atoms with Gasteiger partial charge in [-0.3, -0.25) is 14.4 Å². The van der Waals surface area contributed by atoms with E-state index in [-0.39, 0.29) is 30.2 Å². The number of hydrogen-bond acceptors (Lipinski definition) is 5. The van der Waals surface area contributed by atoms with Crippen LogP contribution in [0.25, 0.3) is 0 Å². The zero-order valence-corrected chi connectivity index (χ0v) is 19.3. The van der Waals surface area contributed by atoms with Crippen LogP contribution in [0.15, 0.2) is 24.3 Å². The van der Waals surface area contributed by atoms with Crippen LogP contribution >= 0.6 is 11.6 Å². The first-order chi connectivity index (χ1) is 15.2. The molecule has 4 rings (SSSR count). The third-order valence-corrected chi connectivity index (χ3v) is 7.25. The topological polar surface area (TPSA) is 108 Å². The molecule has 3 amide bonds. The van der Waals surface area contributed by atoms with Crippen LogP contribution in [0.4, 0.5) is 5.69 Å². The van der Waals surface area contributed by atoms with Crippen LogP contribution in [-0.4, -0.2) is 65.2 Å². The van der Waals surface area contributed by atoms with E-state index in [2.05, 4.69) is 10.6 Å². The number of hydrogen-bond donors (Lipinski definition) is 3. The molecule has 3 N–H and O–H groups in total. The van der Waals surface area contributed by atoms with Gasteiger partial charge in [0.2, 0.25) is 17.7 Å². The van der Waals surface area contributed by atoms with Gasteiger partial charge in [0.1, 0.15) is 11.6 Å². The number of carbonyl (C=O) groups excluding carboxylic acids is 3. The summed E-state index contributed by atoms with van der Waals surface area (Å²) in [6, 6.07) is 5.24. The number of nitrogens with zero attached hydrogens (tertiary/aromatic N) is 1. The molecule has 3 fully saturated rings. The zero-order valence-electron chi connectivity index (χ0n) is 18.5. The van der Waals surface area contributed by atoms with Gasteiger partial charge in [-0.1, -0.05) is 25.4 Å². The number of anilines is 1. The van der Waals surface area contributed by atoms with E-state index in [9.17, 15) is 19.5 Å². The van der Waals surface area contributed by atoms with Crippen LogP contribution in [0.3, 0.4) is 0 Å². The Morgan fingerprint density at radius 1 is 1.28 bits per heavy atom. The van der Waals surface area contributed by atoms with E-state index in [4.69, 9.17) is 16.3 Å². The van der Waals surface area contributed by atoms with Crippen molar-refractivity contribution in [3.05, 3.63) is 29.3 Å². The highest BCUT2D eigenvalue weighted by atomic mass is 35.5. The van der Waals surface area contributed by atoms with Crippen LogP contribution < -0.4 is 10.6 Å². The molecule has 9 heteroatoms. The fourth-order valence-electron chi connectivity index (χ4n) is 5.81. The maximum atomic E-state index is 13.8. The quantitative estimate of drug-likeness (QED) is 0.571. The molecule has 1 aromatic rings. The minimum Gasteiger partial charge on any atom is -0.394 e. The molecule has 0 saturated carbocycles. The van der Waals surface area contributed by atoms with E-state index < -0.39 is 35.6 Å². The number of halogens is 1. The van der Waals surface area contributed by atoms with E-state index in [1.807, 2.05) is 13.8 Å². The molecular weight excluding hydrogens is 434 g/mol. The number of aliphatic hydroxyl groups is 1. The summed E-state index contributed by atoms with van der Waals surface area (Å²) in [6.45, 7) is 3.73. The van der Waals surface area contributed by atoms with Crippen LogP contribution in [0.2, 0.25) is 5.02 Å². The van der Waals surface area contributed by atoms with E-state index in [1.165, 1.54) is 11.9 Å². The number of nitrogens with one attached hydrogen (secondary N) is 2. The van der Waals surface area contributed by atoms with Crippen molar-refractivity contribution in [3.63, 3.8) is 0 Å². The summed E-state index contributed by atoms with van der Waals surface area (Å²) in [6.07, 6.45) is 1.25. The Balaban J connectivity index is 1.74. The Kier molecular flexibility index (Phi) is 6.22. The Morgan fingerprint density at radius 3 is 2.56 bits per heavy atom. The highest BCUT2D eigenvalue weighted by Gasteiger charge is 2.75. The van der Waals surface area contributed by atoms with Crippen molar-refractivity contribution < 1.29 is 24.2 Å². The fraction of sp³-hybridized carbons (Fsp3) is 0.609. The van der Waals surface area contributed by atoms with Gasteiger partial charge in [-0.25, -0.2) is 0 Å². The lowest BCUT2D eigenvalue weighted by Gasteiger charge is -2.37. The van der Waals surface area contributed by atoms with Gasteiger partial charge in [0, 0.05) is 17.8 Å². The van der Waals surface area contributed by atoms with Gasteiger partial charge in [-0.2, -0.15) is 0 Å². The van der Waals surface area contributed by atoms with Gasteiger partial charge in [-0.05, 0) is 49.4 Å². The summed E-state index contributed by atoms with van der Waals surface area (Å²) < 4.78 is 6.32. The van der Waals surface area contributed by atoms with Crippen LogP contribution in [0.1, 0.15) is 33.1 Å². The van der Waals surface area contributed by atoms with Gasteiger partial charge in [-0.15, -0.1) is 0 Å². The first kappa shape index (κ1) is 23.0. The molecule has 2 unspecified atom stereocenters. The van der Waals surface area contributed by atoms with Crippen molar-refractivity contribution in [2.24, 2.45) is 17.8 Å². The normalized spacial score (nSPS) is 31.7. The molecule has 0 radical (unpaired) electrons. The Morgan fingerprint density at radius 2 is 1.97 bits per heavy atom. The molecule has 1 spiro atoms. The van der Waals surface area contributed by atoms with E-state index in [1.54, 1.807) is 24.3 Å². The summed E-state index contributed by atoms with van der Waals surface area (Å²) in [5.41, 5.74) is -0.536. The average molecular weight is 464 g/mol. The molecule has 0 aliphatic carbocycles. The lowest BCUT2D eigenvalue weighted by atomic mass is 9.70. The molecule has 32 heavy (non-hydrogen) atoms. The lowest BCUT2D eigenvalue weighted by molar-refractivity contribution is -0.144. The summed E-state index contributed by atoms with van der Waals surface area (Å²) in [5, 5.41) is 16.2. The van der Waals surface area contributed by atoms with E-state index >= 15 is 0 Å². The molecule has 174 valence electrons. The van der Waals surface area contributed by atoms with E-state index in [0.717, 1.165) is 0 Å². The van der Waals surface area contributed by atoms with Gasteiger partial charge < -0.3 is 25.4 Å². The maximum absolute atomic E-state index is 13.8. The standard InChI is InChI=1S/C23H30ClN3O5/c1-12(2)10-15(11-28)27-19(21(30)26-14-6-4-13(24)5-7-14)23-9-8-16(32-23)17(20(29)25-3)18(23)22(27)31/h4-7,12,15-19,28H,8-11H2,1-3H3,(H,25,29)(H,26,30)/t15-,16+,17-,18+,19?,23?/m1/s1. The molecule has 2 bridgehead atoms. The molecule has 6 atom stereocenters. The van der Waals surface area contributed by atoms with Crippen molar-refractivity contribution in [3.8, 4) is 0 Å². The minimum absolute atomic E-state index is 0.199. The van der Waals surface area contributed by atoms with Crippen molar-refractivity contribution in [2.45, 2.75) is 56.9 Å². The predicted octanol–water partition coefficient (Wildman–Crippen LogP) is 1.81. The third-order valence-electron chi connectivity index (χ3n) is 6.99. The number of amides is 3. The van der Waals surface area contributed by atoms with Crippen LogP contribution in [0.5, 0.6) is 0 Å². The lowest BCUT2D eigenvalue weighted by Crippen LogP contribution is -2.56. The molecule has 8 nitrogen and oxygen atoms in total. The maximum Gasteiger partial charge on any atom is 0.250 e. The molecule has 3 aliphatic heterocycles. The summed E-state index contributed by atoms with van der Waals surface area (Å²) in [7, 11) is 1.54. The van der Waals surface area contributed by atoms with Crippen molar-refractivity contribution >= 4 is 35.0 Å². The molecule has 0 aromatic heterocycles. The Bertz CT molecular complexity index is 907. The number of benzene rings is 1. The number of carbonyl (C=O) groups is 3. The Labute approximate surface area is 192 Å². The third kappa shape index (κ3) is 3.58. The predicted molar refractivity (Wildman–Crippen MR) is 119 cm³/mol. The summed E-state index contributed by atoms with van der Waals surface area (Å²) >= 11 is 5.96. The van der Waals surface area contributed by atoms with Crippen LogP contribution in [0, 0.1) is 17.8 Å². The first-order valence-corrected chi connectivity index (χ1v) is 11.5. The van der Waals surface area contributed by atoms with E-state index in [0.29, 0.717) is 30.0 Å². The number of fused-ring (bicyclic) bond motifs is 1. The Hall–Kier alpha value is -2.16. The number of rotatable bonds is 7. The molecule has 1 aromatic carbocycles. The molecule has 3 aliphatic rings. The SMILES string of the molecule is CNC(=O)[C@@H]1[C@@H]2CCC3(O2)C(C(=O)Nc2ccc(Cl)cc2)N([C@@H](CO)CC(C)C)C(=O)[C@H]13. The number of ether oxygens (including phenoxy) is 1. The highest BCUT2D eigenvalue weighted by Crippen LogP contribution is 2.59.